The second-order valence-electron chi connectivity index (χ2n) is 4.81. The third-order valence-electron chi connectivity index (χ3n) is 3.76. The van der Waals surface area contributed by atoms with Crippen LogP contribution in [0.1, 0.15) is 19.8 Å². The first-order valence-corrected chi connectivity index (χ1v) is 6.93. The van der Waals surface area contributed by atoms with E-state index in [4.69, 9.17) is 0 Å². The van der Waals surface area contributed by atoms with Gasteiger partial charge in [-0.25, -0.2) is 0 Å². The molecule has 2 aliphatic rings. The fourth-order valence-corrected chi connectivity index (χ4v) is 2.61. The number of amides is 1. The third kappa shape index (κ3) is 2.48. The van der Waals surface area contributed by atoms with Crippen LogP contribution < -0.4 is 10.6 Å². The van der Waals surface area contributed by atoms with E-state index in [1.54, 1.807) is 0 Å². The van der Waals surface area contributed by atoms with Crippen molar-refractivity contribution in [2.24, 2.45) is 11.8 Å². The van der Waals surface area contributed by atoms with E-state index in [0.29, 0.717) is 10.7 Å². The van der Waals surface area contributed by atoms with Crippen molar-refractivity contribution in [2.45, 2.75) is 24.5 Å². The molecule has 2 N–H and O–H groups in total. The summed E-state index contributed by atoms with van der Waals surface area (Å²) >= 11 is 1.89. The van der Waals surface area contributed by atoms with Gasteiger partial charge in [0.2, 0.25) is 5.91 Å². The lowest BCUT2D eigenvalue weighted by Gasteiger charge is -2.32. The maximum Gasteiger partial charge on any atom is 0.223 e. The minimum absolute atomic E-state index is 0.170. The summed E-state index contributed by atoms with van der Waals surface area (Å²) in [5, 5.41) is 6.31. The van der Waals surface area contributed by atoms with Crippen molar-refractivity contribution in [1.82, 2.24) is 10.6 Å². The Bertz CT molecular complexity index is 249. The Hall–Kier alpha value is -0.220. The van der Waals surface area contributed by atoms with Crippen molar-refractivity contribution in [2.75, 3.05) is 25.9 Å². The molecule has 1 aliphatic carbocycles. The molecule has 1 unspecified atom stereocenters. The number of carbonyl (C=O) groups is 1. The van der Waals surface area contributed by atoms with Crippen LogP contribution in [0.25, 0.3) is 0 Å². The monoisotopic (exact) mass is 228 g/mol. The lowest BCUT2D eigenvalue weighted by atomic mass is 9.88. The molecule has 15 heavy (non-hydrogen) atoms. The van der Waals surface area contributed by atoms with Gasteiger partial charge in [0.1, 0.15) is 0 Å². The highest BCUT2D eigenvalue weighted by atomic mass is 32.2. The zero-order valence-electron chi connectivity index (χ0n) is 9.51. The average molecular weight is 228 g/mol. The molecule has 1 heterocycles. The van der Waals surface area contributed by atoms with Crippen LogP contribution in [0.4, 0.5) is 0 Å². The molecule has 3 nitrogen and oxygen atoms in total. The molecule has 1 amide bonds. The Balaban J connectivity index is 1.72. The zero-order chi connectivity index (χ0) is 10.9. The number of carbonyl (C=O) groups excluding carboxylic acids is 1. The minimum Gasteiger partial charge on any atom is -0.354 e. The van der Waals surface area contributed by atoms with Crippen molar-refractivity contribution in [3.8, 4) is 0 Å². The van der Waals surface area contributed by atoms with E-state index in [1.807, 2.05) is 18.7 Å². The molecule has 1 atom stereocenters. The van der Waals surface area contributed by atoms with E-state index in [1.165, 1.54) is 12.8 Å². The molecule has 1 saturated carbocycles. The summed E-state index contributed by atoms with van der Waals surface area (Å²) in [6.07, 6.45) is 4.65. The second-order valence-corrected chi connectivity index (χ2v) is 6.09. The van der Waals surface area contributed by atoms with Crippen molar-refractivity contribution in [3.63, 3.8) is 0 Å². The first-order valence-electron chi connectivity index (χ1n) is 5.70. The Labute approximate surface area is 95.8 Å². The van der Waals surface area contributed by atoms with Gasteiger partial charge < -0.3 is 10.6 Å². The van der Waals surface area contributed by atoms with Crippen molar-refractivity contribution in [3.05, 3.63) is 0 Å². The smallest absolute Gasteiger partial charge is 0.223 e. The second kappa shape index (κ2) is 4.34. The maximum absolute atomic E-state index is 11.8. The molecule has 2 fully saturated rings. The van der Waals surface area contributed by atoms with Gasteiger partial charge in [-0.05, 0) is 38.1 Å². The van der Waals surface area contributed by atoms with Gasteiger partial charge in [-0.3, -0.25) is 4.79 Å². The molecule has 0 aromatic heterocycles. The molecule has 0 spiro atoms. The summed E-state index contributed by atoms with van der Waals surface area (Å²) in [6, 6.07) is 0. The number of rotatable bonds is 5. The van der Waals surface area contributed by atoms with Gasteiger partial charge in [0.15, 0.2) is 0 Å². The largest absolute Gasteiger partial charge is 0.354 e. The van der Waals surface area contributed by atoms with Gasteiger partial charge in [-0.2, -0.15) is 11.8 Å². The SMILES string of the molecule is CSC1(CNC(=O)C(C)C2CNC2)CC1. The van der Waals surface area contributed by atoms with Crippen LogP contribution in [0.2, 0.25) is 0 Å². The summed E-state index contributed by atoms with van der Waals surface area (Å²) in [5.41, 5.74) is 0. The van der Waals surface area contributed by atoms with Crippen LogP contribution in [0.15, 0.2) is 0 Å². The van der Waals surface area contributed by atoms with Crippen LogP contribution in [0.3, 0.4) is 0 Å². The summed E-state index contributed by atoms with van der Waals surface area (Å²) < 4.78 is 0.382. The standard InChI is InChI=1S/C11H20N2OS/c1-8(9-5-12-6-9)10(14)13-7-11(15-2)3-4-11/h8-9,12H,3-7H2,1-2H3,(H,13,14). The summed E-state index contributed by atoms with van der Waals surface area (Å²) in [5.74, 6) is 0.958. The molecule has 0 aromatic rings. The molecular weight excluding hydrogens is 208 g/mol. The highest BCUT2D eigenvalue weighted by Gasteiger charge is 2.42. The topological polar surface area (TPSA) is 41.1 Å². The average Bonchev–Trinajstić information content (AvgIpc) is 2.92. The number of thioether (sulfide) groups is 1. The molecule has 0 radical (unpaired) electrons. The van der Waals surface area contributed by atoms with Gasteiger partial charge in [-0.1, -0.05) is 6.92 Å². The lowest BCUT2D eigenvalue weighted by Crippen LogP contribution is -2.50. The van der Waals surface area contributed by atoms with Crippen molar-refractivity contribution < 1.29 is 4.79 Å². The molecule has 0 bridgehead atoms. The van der Waals surface area contributed by atoms with Crippen LogP contribution in [-0.4, -0.2) is 36.5 Å². The summed E-state index contributed by atoms with van der Waals surface area (Å²) in [6.45, 7) is 4.90. The molecule has 86 valence electrons. The van der Waals surface area contributed by atoms with Crippen LogP contribution in [0, 0.1) is 11.8 Å². The highest BCUT2D eigenvalue weighted by molar-refractivity contribution is 8.00. The van der Waals surface area contributed by atoms with Gasteiger partial charge >= 0.3 is 0 Å². The summed E-state index contributed by atoms with van der Waals surface area (Å²) in [7, 11) is 0. The number of hydrogen-bond donors (Lipinski definition) is 2. The van der Waals surface area contributed by atoms with E-state index >= 15 is 0 Å². The minimum atomic E-state index is 0.170. The molecule has 2 rings (SSSR count). The Morgan fingerprint density at radius 2 is 2.27 bits per heavy atom. The molecule has 1 aliphatic heterocycles. The van der Waals surface area contributed by atoms with E-state index in [-0.39, 0.29) is 11.8 Å². The van der Waals surface area contributed by atoms with Gasteiger partial charge in [0, 0.05) is 17.2 Å². The first kappa shape index (κ1) is 11.3. The van der Waals surface area contributed by atoms with Crippen LogP contribution >= 0.6 is 11.8 Å². The fourth-order valence-electron chi connectivity index (χ4n) is 1.88. The first-order chi connectivity index (χ1) is 7.17. The number of hydrogen-bond acceptors (Lipinski definition) is 3. The van der Waals surface area contributed by atoms with Gasteiger partial charge in [0.25, 0.3) is 0 Å². The normalized spacial score (nSPS) is 25.5. The van der Waals surface area contributed by atoms with E-state index in [0.717, 1.165) is 19.6 Å². The Morgan fingerprint density at radius 3 is 2.67 bits per heavy atom. The zero-order valence-corrected chi connectivity index (χ0v) is 10.3. The van der Waals surface area contributed by atoms with Crippen LogP contribution in [-0.2, 0) is 4.79 Å². The maximum atomic E-state index is 11.8. The molecular formula is C11H20N2OS. The van der Waals surface area contributed by atoms with E-state index < -0.39 is 0 Å². The fraction of sp³-hybridized carbons (Fsp3) is 0.909. The van der Waals surface area contributed by atoms with Crippen molar-refractivity contribution in [1.29, 1.82) is 0 Å². The van der Waals surface area contributed by atoms with E-state index in [9.17, 15) is 4.79 Å². The van der Waals surface area contributed by atoms with Gasteiger partial charge in [-0.15, -0.1) is 0 Å². The molecule has 0 aromatic carbocycles. The third-order valence-corrected chi connectivity index (χ3v) is 5.18. The highest BCUT2D eigenvalue weighted by Crippen LogP contribution is 2.46. The summed E-state index contributed by atoms with van der Waals surface area (Å²) in [4.78, 5) is 11.8. The van der Waals surface area contributed by atoms with Crippen molar-refractivity contribution >= 4 is 17.7 Å². The number of nitrogens with one attached hydrogen (secondary N) is 2. The van der Waals surface area contributed by atoms with Crippen LogP contribution in [0.5, 0.6) is 0 Å². The molecule has 4 heteroatoms. The Kier molecular flexibility index (Phi) is 3.26. The predicted molar refractivity (Wildman–Crippen MR) is 64.0 cm³/mol. The Morgan fingerprint density at radius 1 is 1.60 bits per heavy atom. The quantitative estimate of drug-likeness (QED) is 0.733. The van der Waals surface area contributed by atoms with Gasteiger partial charge in [0.05, 0.1) is 0 Å². The lowest BCUT2D eigenvalue weighted by molar-refractivity contribution is -0.126. The predicted octanol–water partition coefficient (Wildman–Crippen LogP) is 0.854. The molecule has 1 saturated heterocycles. The van der Waals surface area contributed by atoms with E-state index in [2.05, 4.69) is 16.9 Å².